The summed E-state index contributed by atoms with van der Waals surface area (Å²) in [5.41, 5.74) is 0.806. The molecule has 110 valence electrons. The first-order valence-corrected chi connectivity index (χ1v) is 8.23. The third kappa shape index (κ3) is 3.95. The van der Waals surface area contributed by atoms with Crippen LogP contribution in [-0.2, 0) is 27.2 Å². The minimum atomic E-state index is -3.47. The van der Waals surface area contributed by atoms with E-state index in [1.165, 1.54) is 4.31 Å². The van der Waals surface area contributed by atoms with E-state index in [9.17, 15) is 8.42 Å². The molecular weight excluding hydrogens is 288 g/mol. The molecule has 0 fully saturated rings. The van der Waals surface area contributed by atoms with Gasteiger partial charge in [0.2, 0.25) is 10.0 Å². The van der Waals surface area contributed by atoms with E-state index < -0.39 is 10.0 Å². The molecule has 0 amide bonds. The lowest BCUT2D eigenvalue weighted by molar-refractivity contribution is 0.138. The maximum absolute atomic E-state index is 12.3. The zero-order valence-corrected chi connectivity index (χ0v) is 13.2. The molecule has 1 heterocycles. The lowest BCUT2D eigenvalue weighted by Gasteiger charge is -2.15. The van der Waals surface area contributed by atoms with Crippen LogP contribution in [0.2, 0.25) is 0 Å². The second kappa shape index (κ2) is 7.28. The third-order valence-corrected chi connectivity index (χ3v) is 5.00. The maximum atomic E-state index is 12.3. The Bertz CT molecular complexity index is 478. The standard InChI is InChI=1S/C12H21ClN2O3S/c1-4-15-10-12(8-11(15)9-13)19(16,17)14(3)6-7-18-5-2/h8,10H,4-7,9H2,1-3H3. The zero-order chi connectivity index (χ0) is 14.5. The van der Waals surface area contributed by atoms with Crippen molar-refractivity contribution in [1.82, 2.24) is 8.87 Å². The molecular formula is C12H21ClN2O3S. The van der Waals surface area contributed by atoms with Crippen LogP contribution in [0.1, 0.15) is 19.5 Å². The van der Waals surface area contributed by atoms with Crippen LogP contribution in [0.3, 0.4) is 0 Å². The first kappa shape index (κ1) is 16.5. The van der Waals surface area contributed by atoms with Crippen LogP contribution in [0.5, 0.6) is 0 Å². The number of aromatic nitrogens is 1. The first-order valence-electron chi connectivity index (χ1n) is 6.26. The van der Waals surface area contributed by atoms with Crippen LogP contribution in [0.15, 0.2) is 17.2 Å². The molecule has 0 aliphatic carbocycles. The van der Waals surface area contributed by atoms with Crippen molar-refractivity contribution in [3.05, 3.63) is 18.0 Å². The van der Waals surface area contributed by atoms with Gasteiger partial charge in [-0.3, -0.25) is 0 Å². The molecule has 0 aliphatic rings. The Labute approximate surface area is 120 Å². The molecule has 0 atom stereocenters. The van der Waals surface area contributed by atoms with Gasteiger partial charge in [0.1, 0.15) is 4.90 Å². The molecule has 0 aliphatic heterocycles. The van der Waals surface area contributed by atoms with Crippen LogP contribution in [0.4, 0.5) is 0 Å². The molecule has 0 saturated carbocycles. The summed E-state index contributed by atoms with van der Waals surface area (Å²) in [4.78, 5) is 0.281. The Kier molecular flexibility index (Phi) is 6.32. The van der Waals surface area contributed by atoms with Crippen molar-refractivity contribution < 1.29 is 13.2 Å². The van der Waals surface area contributed by atoms with Gasteiger partial charge in [0.25, 0.3) is 0 Å². The quantitative estimate of drug-likeness (QED) is 0.544. The van der Waals surface area contributed by atoms with Crippen molar-refractivity contribution in [2.24, 2.45) is 0 Å². The second-order valence-corrected chi connectivity index (χ2v) is 6.42. The third-order valence-electron chi connectivity index (χ3n) is 2.90. The van der Waals surface area contributed by atoms with E-state index >= 15 is 0 Å². The Morgan fingerprint density at radius 2 is 2.11 bits per heavy atom. The molecule has 1 aromatic heterocycles. The van der Waals surface area contributed by atoms with Crippen LogP contribution < -0.4 is 0 Å². The molecule has 7 heteroatoms. The molecule has 0 spiro atoms. The number of aryl methyl sites for hydroxylation is 1. The molecule has 0 saturated heterocycles. The molecule has 1 rings (SSSR count). The summed E-state index contributed by atoms with van der Waals surface area (Å²) in [6, 6.07) is 1.63. The van der Waals surface area contributed by atoms with E-state index in [0.29, 0.717) is 32.2 Å². The van der Waals surface area contributed by atoms with E-state index in [1.807, 2.05) is 18.4 Å². The molecule has 0 unspecified atom stereocenters. The second-order valence-electron chi connectivity index (χ2n) is 4.11. The van der Waals surface area contributed by atoms with Gasteiger partial charge in [-0.15, -0.1) is 11.6 Å². The van der Waals surface area contributed by atoms with Crippen LogP contribution >= 0.6 is 11.6 Å². The molecule has 5 nitrogen and oxygen atoms in total. The van der Waals surface area contributed by atoms with Gasteiger partial charge in [-0.25, -0.2) is 8.42 Å². The summed E-state index contributed by atoms with van der Waals surface area (Å²) in [7, 11) is -1.91. The monoisotopic (exact) mass is 308 g/mol. The van der Waals surface area contributed by atoms with Gasteiger partial charge in [0.15, 0.2) is 0 Å². The minimum Gasteiger partial charge on any atom is -0.380 e. The van der Waals surface area contributed by atoms with Gasteiger partial charge in [-0.05, 0) is 19.9 Å². The molecule has 1 aromatic rings. The summed E-state index contributed by atoms with van der Waals surface area (Å²) in [6.45, 7) is 5.83. The summed E-state index contributed by atoms with van der Waals surface area (Å²) < 4.78 is 33.0. The maximum Gasteiger partial charge on any atom is 0.244 e. The van der Waals surface area contributed by atoms with Gasteiger partial charge in [0, 0.05) is 38.6 Å². The topological polar surface area (TPSA) is 51.5 Å². The fourth-order valence-electron chi connectivity index (χ4n) is 1.71. The van der Waals surface area contributed by atoms with Gasteiger partial charge >= 0.3 is 0 Å². The highest BCUT2D eigenvalue weighted by Crippen LogP contribution is 2.19. The van der Waals surface area contributed by atoms with Crippen molar-refractivity contribution >= 4 is 21.6 Å². The van der Waals surface area contributed by atoms with E-state index in [0.717, 1.165) is 5.69 Å². The van der Waals surface area contributed by atoms with Crippen molar-refractivity contribution in [3.8, 4) is 0 Å². The number of ether oxygens (including phenoxy) is 1. The molecule has 0 radical (unpaired) electrons. The average molecular weight is 309 g/mol. The lowest BCUT2D eigenvalue weighted by Crippen LogP contribution is -2.30. The SMILES string of the molecule is CCOCCN(C)S(=O)(=O)c1cc(CCl)n(CC)c1. The highest BCUT2D eigenvalue weighted by atomic mass is 35.5. The van der Waals surface area contributed by atoms with Crippen molar-refractivity contribution in [2.45, 2.75) is 31.2 Å². The minimum absolute atomic E-state index is 0.281. The number of likely N-dealkylation sites (N-methyl/N-ethyl adjacent to an activating group) is 1. The summed E-state index contributed by atoms with van der Waals surface area (Å²) in [5.74, 6) is 0.298. The molecule has 0 N–H and O–H groups in total. The first-order chi connectivity index (χ1) is 8.97. The fraction of sp³-hybridized carbons (Fsp3) is 0.667. The lowest BCUT2D eigenvalue weighted by atomic mass is 10.5. The smallest absolute Gasteiger partial charge is 0.244 e. The zero-order valence-electron chi connectivity index (χ0n) is 11.6. The number of alkyl halides is 1. The molecule has 19 heavy (non-hydrogen) atoms. The molecule has 0 bridgehead atoms. The van der Waals surface area contributed by atoms with E-state index in [1.54, 1.807) is 19.3 Å². The Hall–Kier alpha value is -0.560. The van der Waals surface area contributed by atoms with Gasteiger partial charge in [-0.1, -0.05) is 0 Å². The predicted octanol–water partition coefficient (Wildman–Crippen LogP) is 1.90. The Morgan fingerprint density at radius 3 is 2.58 bits per heavy atom. The number of hydrogen-bond donors (Lipinski definition) is 0. The fourth-order valence-corrected chi connectivity index (χ4v) is 3.16. The van der Waals surface area contributed by atoms with Crippen molar-refractivity contribution in [1.29, 1.82) is 0 Å². The van der Waals surface area contributed by atoms with Crippen LogP contribution in [0.25, 0.3) is 0 Å². The Balaban J connectivity index is 2.90. The van der Waals surface area contributed by atoms with Crippen LogP contribution in [-0.4, -0.2) is 44.1 Å². The number of rotatable bonds is 8. The summed E-state index contributed by atoms with van der Waals surface area (Å²) >= 11 is 5.81. The Morgan fingerprint density at radius 1 is 1.42 bits per heavy atom. The summed E-state index contributed by atoms with van der Waals surface area (Å²) in [5, 5.41) is 0. The highest BCUT2D eigenvalue weighted by molar-refractivity contribution is 7.89. The van der Waals surface area contributed by atoms with Crippen molar-refractivity contribution in [2.75, 3.05) is 26.8 Å². The normalized spacial score (nSPS) is 12.3. The number of halogens is 1. The average Bonchev–Trinajstić information content (AvgIpc) is 2.82. The number of nitrogens with zero attached hydrogens (tertiary/aromatic N) is 2. The van der Waals surface area contributed by atoms with E-state index in [4.69, 9.17) is 16.3 Å². The van der Waals surface area contributed by atoms with Gasteiger partial charge < -0.3 is 9.30 Å². The number of hydrogen-bond acceptors (Lipinski definition) is 3. The summed E-state index contributed by atoms with van der Waals surface area (Å²) in [6.07, 6.45) is 1.63. The van der Waals surface area contributed by atoms with Crippen molar-refractivity contribution in [3.63, 3.8) is 0 Å². The number of sulfonamides is 1. The van der Waals surface area contributed by atoms with Gasteiger partial charge in [-0.2, -0.15) is 4.31 Å². The molecule has 0 aromatic carbocycles. The highest BCUT2D eigenvalue weighted by Gasteiger charge is 2.22. The largest absolute Gasteiger partial charge is 0.380 e. The van der Waals surface area contributed by atoms with E-state index in [-0.39, 0.29) is 4.90 Å². The predicted molar refractivity (Wildman–Crippen MR) is 76.0 cm³/mol. The van der Waals surface area contributed by atoms with Crippen LogP contribution in [0, 0.1) is 0 Å². The van der Waals surface area contributed by atoms with Gasteiger partial charge in [0.05, 0.1) is 12.5 Å². The van der Waals surface area contributed by atoms with E-state index in [2.05, 4.69) is 0 Å².